The zero-order valence-electron chi connectivity index (χ0n) is 19.4. The number of ether oxygens (including phenoxy) is 1. The monoisotopic (exact) mass is 563 g/mol. The van der Waals surface area contributed by atoms with Crippen LogP contribution in [0.2, 0.25) is 0 Å². The summed E-state index contributed by atoms with van der Waals surface area (Å²) in [6.07, 6.45) is 7.22. The zero-order chi connectivity index (χ0) is 23.7. The van der Waals surface area contributed by atoms with Crippen molar-refractivity contribution in [1.82, 2.24) is 24.3 Å². The largest absolute Gasteiger partial charge is 0.369 e. The number of methoxy groups -OCH3 is 1. The van der Waals surface area contributed by atoms with Crippen LogP contribution in [0.5, 0.6) is 0 Å². The van der Waals surface area contributed by atoms with E-state index in [4.69, 9.17) is 9.72 Å². The second-order valence-corrected chi connectivity index (χ2v) is 9.23. The number of fused-ring (bicyclic) bond motifs is 1. The zero-order valence-corrected chi connectivity index (χ0v) is 21.6. The molecule has 1 unspecified atom stereocenters. The van der Waals surface area contributed by atoms with Crippen LogP contribution in [0.15, 0.2) is 73.3 Å². The number of alkyl halides is 1. The van der Waals surface area contributed by atoms with Gasteiger partial charge in [-0.15, -0.1) is 0 Å². The molecule has 0 bridgehead atoms. The normalized spacial score (nSPS) is 12.4. The van der Waals surface area contributed by atoms with E-state index in [2.05, 4.69) is 80.6 Å². The van der Waals surface area contributed by atoms with Gasteiger partial charge in [-0.05, 0) is 53.4 Å². The number of rotatable bonds is 7. The minimum atomic E-state index is -0.301. The van der Waals surface area contributed by atoms with Crippen LogP contribution in [0, 0.1) is 6.92 Å². The summed E-state index contributed by atoms with van der Waals surface area (Å²) in [7, 11) is 3.67. The molecule has 1 atom stereocenters. The van der Waals surface area contributed by atoms with E-state index < -0.39 is 0 Å². The van der Waals surface area contributed by atoms with Crippen LogP contribution in [0.3, 0.4) is 0 Å². The van der Waals surface area contributed by atoms with Gasteiger partial charge in [0.05, 0.1) is 17.2 Å². The Bertz CT molecular complexity index is 1440. The van der Waals surface area contributed by atoms with Crippen molar-refractivity contribution >= 4 is 33.6 Å². The maximum Gasteiger partial charge on any atom is 0.144 e. The van der Waals surface area contributed by atoms with Crippen LogP contribution < -0.4 is 0 Å². The fraction of sp³-hybridized carbons (Fsp3) is 0.222. The van der Waals surface area contributed by atoms with Gasteiger partial charge in [0.2, 0.25) is 0 Å². The SMILES string of the molecule is COC(c1ccncc1)c1nc2ccc(-c3cnn(C)c3)cc2n1Cc1cc(C)ccc1CI. The van der Waals surface area contributed by atoms with E-state index >= 15 is 0 Å². The molecule has 0 N–H and O–H groups in total. The molecule has 0 aliphatic rings. The summed E-state index contributed by atoms with van der Waals surface area (Å²) in [5.74, 6) is 0.882. The predicted octanol–water partition coefficient (Wildman–Crippen LogP) is 5.86. The first-order valence-electron chi connectivity index (χ1n) is 11.1. The smallest absolute Gasteiger partial charge is 0.144 e. The van der Waals surface area contributed by atoms with Crippen molar-refractivity contribution < 1.29 is 4.74 Å². The Hall–Kier alpha value is -3.04. The van der Waals surface area contributed by atoms with Gasteiger partial charge in [-0.1, -0.05) is 52.4 Å². The van der Waals surface area contributed by atoms with Crippen LogP contribution in [0.4, 0.5) is 0 Å². The second kappa shape index (κ2) is 9.68. The van der Waals surface area contributed by atoms with Gasteiger partial charge in [-0.2, -0.15) is 5.10 Å². The molecule has 3 aromatic heterocycles. The number of benzene rings is 2. The highest BCUT2D eigenvalue weighted by Gasteiger charge is 2.23. The second-order valence-electron chi connectivity index (χ2n) is 8.46. The summed E-state index contributed by atoms with van der Waals surface area (Å²) >= 11 is 2.44. The average molecular weight is 563 g/mol. The molecule has 172 valence electrons. The highest BCUT2D eigenvalue weighted by molar-refractivity contribution is 14.1. The summed E-state index contributed by atoms with van der Waals surface area (Å²) in [5, 5.41) is 4.35. The molecule has 0 saturated heterocycles. The van der Waals surface area contributed by atoms with E-state index in [1.165, 1.54) is 16.7 Å². The van der Waals surface area contributed by atoms with Gasteiger partial charge in [-0.25, -0.2) is 4.98 Å². The van der Waals surface area contributed by atoms with E-state index in [1.54, 1.807) is 19.5 Å². The molecule has 0 spiro atoms. The lowest BCUT2D eigenvalue weighted by Gasteiger charge is -2.19. The Morgan fingerprint density at radius 3 is 2.53 bits per heavy atom. The Labute approximate surface area is 212 Å². The summed E-state index contributed by atoms with van der Waals surface area (Å²) in [4.78, 5) is 9.25. The average Bonchev–Trinajstić information content (AvgIpc) is 3.44. The van der Waals surface area contributed by atoms with E-state index in [-0.39, 0.29) is 6.10 Å². The molecule has 5 aromatic rings. The molecule has 0 aliphatic carbocycles. The maximum absolute atomic E-state index is 6.00. The van der Waals surface area contributed by atoms with Gasteiger partial charge in [-0.3, -0.25) is 9.67 Å². The van der Waals surface area contributed by atoms with E-state index in [0.717, 1.165) is 38.0 Å². The van der Waals surface area contributed by atoms with Crippen LogP contribution in [-0.2, 0) is 22.8 Å². The van der Waals surface area contributed by atoms with E-state index in [1.807, 2.05) is 36.3 Å². The molecule has 7 heteroatoms. The number of nitrogens with zero attached hydrogens (tertiary/aromatic N) is 5. The third kappa shape index (κ3) is 4.37. The fourth-order valence-electron chi connectivity index (χ4n) is 4.39. The summed E-state index contributed by atoms with van der Waals surface area (Å²) in [5.41, 5.74) is 9.13. The molecular weight excluding hydrogens is 537 g/mol. The maximum atomic E-state index is 6.00. The van der Waals surface area contributed by atoms with Gasteiger partial charge in [0.15, 0.2) is 0 Å². The number of aryl methyl sites for hydroxylation is 2. The van der Waals surface area contributed by atoms with Crippen LogP contribution in [-0.4, -0.2) is 31.4 Å². The van der Waals surface area contributed by atoms with Gasteiger partial charge < -0.3 is 9.30 Å². The van der Waals surface area contributed by atoms with Gasteiger partial charge in [0.25, 0.3) is 0 Å². The Balaban J connectivity index is 1.71. The lowest BCUT2D eigenvalue weighted by molar-refractivity contribution is 0.126. The lowest BCUT2D eigenvalue weighted by Crippen LogP contribution is -2.14. The number of halogens is 1. The van der Waals surface area contributed by atoms with Gasteiger partial charge in [0, 0.05) is 49.3 Å². The Morgan fingerprint density at radius 1 is 1.00 bits per heavy atom. The number of pyridine rings is 1. The summed E-state index contributed by atoms with van der Waals surface area (Å²) in [6, 6.07) is 17.1. The fourth-order valence-corrected chi connectivity index (χ4v) is 5.13. The Morgan fingerprint density at radius 2 is 1.82 bits per heavy atom. The molecule has 34 heavy (non-hydrogen) atoms. The number of hydrogen-bond donors (Lipinski definition) is 0. The highest BCUT2D eigenvalue weighted by atomic mass is 127. The van der Waals surface area contributed by atoms with Crippen LogP contribution in [0.1, 0.15) is 34.2 Å². The van der Waals surface area contributed by atoms with Crippen LogP contribution in [0.25, 0.3) is 22.2 Å². The molecule has 0 saturated carbocycles. The van der Waals surface area contributed by atoms with Gasteiger partial charge >= 0.3 is 0 Å². The van der Waals surface area contributed by atoms with Gasteiger partial charge in [0.1, 0.15) is 11.9 Å². The molecule has 0 aliphatic heterocycles. The predicted molar refractivity (Wildman–Crippen MR) is 143 cm³/mol. The number of imidazole rings is 1. The molecular formula is C27H26IN5O. The third-order valence-electron chi connectivity index (χ3n) is 6.13. The van der Waals surface area contributed by atoms with Crippen molar-refractivity contribution in [3.05, 3.63) is 101 Å². The van der Waals surface area contributed by atoms with Crippen molar-refractivity contribution in [2.45, 2.75) is 24.0 Å². The molecule has 3 heterocycles. The standard InChI is InChI=1S/C27H26IN5O/c1-18-4-5-21(14-28)22(12-18)17-33-25-13-20(23-15-30-32(2)16-23)6-7-24(25)31-27(33)26(34-3)19-8-10-29-11-9-19/h4-13,15-16,26H,14,17H2,1-3H3. The molecule has 0 amide bonds. The topological polar surface area (TPSA) is 57.8 Å². The highest BCUT2D eigenvalue weighted by Crippen LogP contribution is 2.32. The molecule has 0 radical (unpaired) electrons. The molecule has 0 fully saturated rings. The van der Waals surface area contributed by atoms with Crippen molar-refractivity contribution in [3.63, 3.8) is 0 Å². The minimum Gasteiger partial charge on any atom is -0.369 e. The third-order valence-corrected chi connectivity index (χ3v) is 6.95. The number of hydrogen-bond acceptors (Lipinski definition) is 4. The van der Waals surface area contributed by atoms with Crippen molar-refractivity contribution in [3.8, 4) is 11.1 Å². The molecule has 5 rings (SSSR count). The minimum absolute atomic E-state index is 0.301. The summed E-state index contributed by atoms with van der Waals surface area (Å²) in [6.45, 7) is 2.86. The first-order chi connectivity index (χ1) is 16.6. The number of aromatic nitrogens is 5. The van der Waals surface area contributed by atoms with Crippen molar-refractivity contribution in [2.75, 3.05) is 7.11 Å². The summed E-state index contributed by atoms with van der Waals surface area (Å²) < 4.78 is 11.1. The molecule has 2 aromatic carbocycles. The van der Waals surface area contributed by atoms with E-state index in [0.29, 0.717) is 6.54 Å². The first-order valence-corrected chi connectivity index (χ1v) is 12.7. The van der Waals surface area contributed by atoms with Crippen molar-refractivity contribution in [2.24, 2.45) is 7.05 Å². The lowest BCUT2D eigenvalue weighted by atomic mass is 10.0. The van der Waals surface area contributed by atoms with Crippen LogP contribution >= 0.6 is 22.6 Å². The van der Waals surface area contributed by atoms with E-state index in [9.17, 15) is 0 Å². The quantitative estimate of drug-likeness (QED) is 0.184. The molecule has 6 nitrogen and oxygen atoms in total. The first kappa shape index (κ1) is 22.7. The Kier molecular flexibility index (Phi) is 6.47. The van der Waals surface area contributed by atoms with Crippen molar-refractivity contribution in [1.29, 1.82) is 0 Å².